The number of allylic oxidation sites excluding steroid dienone is 2. The van der Waals surface area contributed by atoms with Gasteiger partial charge in [0, 0.05) is 17.5 Å². The highest BCUT2D eigenvalue weighted by molar-refractivity contribution is 6.26. The summed E-state index contributed by atoms with van der Waals surface area (Å²) in [6, 6.07) is 27.0. The number of benzene rings is 3. The first-order valence-electron chi connectivity index (χ1n) is 10.5. The van der Waals surface area contributed by atoms with Crippen LogP contribution in [0.5, 0.6) is 5.75 Å². The van der Waals surface area contributed by atoms with Crippen LogP contribution in [0.3, 0.4) is 0 Å². The molecule has 1 aromatic heterocycles. The molecule has 33 heavy (non-hydrogen) atoms. The molecule has 0 amide bonds. The zero-order valence-electron chi connectivity index (χ0n) is 18.0. The summed E-state index contributed by atoms with van der Waals surface area (Å²) in [5, 5.41) is 17.4. The molecule has 4 aromatic rings. The van der Waals surface area contributed by atoms with Crippen molar-refractivity contribution in [3.8, 4) is 28.1 Å². The molecule has 162 valence electrons. The number of fused-ring (bicyclic) bond motifs is 1. The Bertz CT molecular complexity index is 1370. The van der Waals surface area contributed by atoms with Crippen LogP contribution in [0.2, 0.25) is 0 Å². The van der Waals surface area contributed by atoms with E-state index in [0.29, 0.717) is 28.9 Å². The highest BCUT2D eigenvalue weighted by Crippen LogP contribution is 2.39. The number of methoxy groups -OCH3 is 1. The number of ether oxygens (including phenoxy) is 1. The number of carbonyl (C=O) groups excluding carboxylic acids is 1. The number of hydrogen-bond acceptors (Lipinski definition) is 5. The van der Waals surface area contributed by atoms with Gasteiger partial charge in [0.25, 0.3) is 5.91 Å². The van der Waals surface area contributed by atoms with Crippen LogP contribution in [-0.4, -0.2) is 34.2 Å². The standard InChI is InChI=1S/C27H21N3O3/c1-33-22-14-12-19(13-15-22)24-21(17-28-32)16-23-25(18-8-4-2-5-9-18)26(29-30(23)27(24)31)20-10-6-3-7-11-20/h2-15,17,32H,16H2,1H3/b28-17+. The Morgan fingerprint density at radius 3 is 2.15 bits per heavy atom. The van der Waals surface area contributed by atoms with Gasteiger partial charge in [0.1, 0.15) is 11.4 Å². The molecule has 1 aliphatic rings. The number of carbonyl (C=O) groups is 1. The van der Waals surface area contributed by atoms with E-state index in [2.05, 4.69) is 5.16 Å². The number of aromatic nitrogens is 2. The van der Waals surface area contributed by atoms with Gasteiger partial charge in [-0.1, -0.05) is 78.0 Å². The van der Waals surface area contributed by atoms with E-state index in [1.54, 1.807) is 19.2 Å². The van der Waals surface area contributed by atoms with Crippen molar-refractivity contribution < 1.29 is 14.7 Å². The molecule has 0 unspecified atom stereocenters. The van der Waals surface area contributed by atoms with Crippen molar-refractivity contribution in [2.45, 2.75) is 6.42 Å². The molecule has 0 spiro atoms. The zero-order chi connectivity index (χ0) is 22.8. The maximum atomic E-state index is 13.8. The lowest BCUT2D eigenvalue weighted by Crippen LogP contribution is -2.24. The third kappa shape index (κ3) is 3.61. The minimum Gasteiger partial charge on any atom is -0.497 e. The maximum Gasteiger partial charge on any atom is 0.279 e. The summed E-state index contributed by atoms with van der Waals surface area (Å²) < 4.78 is 6.73. The quantitative estimate of drug-likeness (QED) is 0.261. The number of rotatable bonds is 5. The van der Waals surface area contributed by atoms with Crippen molar-refractivity contribution in [3.05, 3.63) is 102 Å². The summed E-state index contributed by atoms with van der Waals surface area (Å²) in [7, 11) is 1.59. The molecule has 1 aliphatic heterocycles. The Morgan fingerprint density at radius 1 is 0.909 bits per heavy atom. The minimum atomic E-state index is -0.268. The van der Waals surface area contributed by atoms with Gasteiger partial charge in [-0.25, -0.2) is 0 Å². The van der Waals surface area contributed by atoms with Crippen LogP contribution < -0.4 is 4.74 Å². The molecule has 0 radical (unpaired) electrons. The normalized spacial score (nSPS) is 13.4. The third-order valence-corrected chi connectivity index (χ3v) is 5.77. The first-order chi connectivity index (χ1) is 16.2. The summed E-state index contributed by atoms with van der Waals surface area (Å²) in [6.07, 6.45) is 1.73. The lowest BCUT2D eigenvalue weighted by molar-refractivity contribution is 0.0959. The van der Waals surface area contributed by atoms with Crippen LogP contribution in [-0.2, 0) is 6.42 Å². The van der Waals surface area contributed by atoms with E-state index < -0.39 is 0 Å². The Hall–Kier alpha value is -4.45. The SMILES string of the molecule is COc1ccc(C2=C(/C=N/O)Cc3c(-c4ccccc4)c(-c4ccccc4)nn3C2=O)cc1. The zero-order valence-corrected chi connectivity index (χ0v) is 18.0. The van der Waals surface area contributed by atoms with Gasteiger partial charge in [-0.05, 0) is 28.8 Å². The molecule has 1 N–H and O–H groups in total. The highest BCUT2D eigenvalue weighted by atomic mass is 16.5. The molecule has 0 aliphatic carbocycles. The van der Waals surface area contributed by atoms with Gasteiger partial charge in [0.2, 0.25) is 0 Å². The van der Waals surface area contributed by atoms with Crippen molar-refractivity contribution in [2.24, 2.45) is 5.16 Å². The second-order valence-corrected chi connectivity index (χ2v) is 7.67. The molecule has 0 saturated heterocycles. The molecule has 3 aromatic carbocycles. The Kier molecular flexibility index (Phi) is 5.32. The molecule has 0 fully saturated rings. The predicted molar refractivity (Wildman–Crippen MR) is 128 cm³/mol. The highest BCUT2D eigenvalue weighted by Gasteiger charge is 2.32. The topological polar surface area (TPSA) is 76.7 Å². The summed E-state index contributed by atoms with van der Waals surface area (Å²) >= 11 is 0. The van der Waals surface area contributed by atoms with E-state index in [1.165, 1.54) is 10.9 Å². The fourth-order valence-corrected chi connectivity index (χ4v) is 4.25. The van der Waals surface area contributed by atoms with Gasteiger partial charge in [-0.2, -0.15) is 9.78 Å². The lowest BCUT2D eigenvalue weighted by Gasteiger charge is -2.20. The number of oxime groups is 1. The molecule has 0 saturated carbocycles. The molecular weight excluding hydrogens is 414 g/mol. The van der Waals surface area contributed by atoms with E-state index in [9.17, 15) is 10.0 Å². The summed E-state index contributed by atoms with van der Waals surface area (Å²) in [5.74, 6) is 0.424. The number of hydrogen-bond donors (Lipinski definition) is 1. The van der Waals surface area contributed by atoms with Crippen molar-refractivity contribution in [1.82, 2.24) is 9.78 Å². The summed E-state index contributed by atoms with van der Waals surface area (Å²) in [6.45, 7) is 0. The molecule has 0 atom stereocenters. The third-order valence-electron chi connectivity index (χ3n) is 5.77. The predicted octanol–water partition coefficient (Wildman–Crippen LogP) is 5.34. The number of nitrogens with zero attached hydrogens (tertiary/aromatic N) is 3. The van der Waals surface area contributed by atoms with Gasteiger partial charge in [-0.3, -0.25) is 4.79 Å². The van der Waals surface area contributed by atoms with Gasteiger partial charge in [-0.15, -0.1) is 0 Å². The van der Waals surface area contributed by atoms with Crippen LogP contribution in [0.1, 0.15) is 16.1 Å². The summed E-state index contributed by atoms with van der Waals surface area (Å²) in [5.41, 5.74) is 6.07. The van der Waals surface area contributed by atoms with Crippen LogP contribution in [0.25, 0.3) is 28.0 Å². The van der Waals surface area contributed by atoms with E-state index in [4.69, 9.17) is 9.84 Å². The van der Waals surface area contributed by atoms with Gasteiger partial charge >= 0.3 is 0 Å². The first kappa shape index (κ1) is 20.5. The molecule has 6 heteroatoms. The molecule has 0 bridgehead atoms. The van der Waals surface area contributed by atoms with Crippen molar-refractivity contribution >= 4 is 17.7 Å². The largest absolute Gasteiger partial charge is 0.497 e. The molecule has 2 heterocycles. The van der Waals surface area contributed by atoms with E-state index in [-0.39, 0.29) is 5.91 Å². The van der Waals surface area contributed by atoms with Crippen molar-refractivity contribution in [1.29, 1.82) is 0 Å². The lowest BCUT2D eigenvalue weighted by atomic mass is 9.90. The maximum absolute atomic E-state index is 13.8. The second-order valence-electron chi connectivity index (χ2n) is 7.67. The van der Waals surface area contributed by atoms with E-state index in [1.807, 2.05) is 72.8 Å². The van der Waals surface area contributed by atoms with Gasteiger partial charge in [0.15, 0.2) is 0 Å². The van der Waals surface area contributed by atoms with Crippen LogP contribution in [0.15, 0.2) is 95.7 Å². The van der Waals surface area contributed by atoms with Crippen LogP contribution in [0, 0.1) is 0 Å². The van der Waals surface area contributed by atoms with Gasteiger partial charge in [0.05, 0.1) is 24.6 Å². The van der Waals surface area contributed by atoms with Crippen LogP contribution >= 0.6 is 0 Å². The van der Waals surface area contributed by atoms with Crippen molar-refractivity contribution in [2.75, 3.05) is 7.11 Å². The monoisotopic (exact) mass is 435 g/mol. The fraction of sp³-hybridized carbons (Fsp3) is 0.0741. The fourth-order valence-electron chi connectivity index (χ4n) is 4.25. The first-order valence-corrected chi connectivity index (χ1v) is 10.5. The van der Waals surface area contributed by atoms with Crippen LogP contribution in [0.4, 0.5) is 0 Å². The Morgan fingerprint density at radius 2 is 1.55 bits per heavy atom. The smallest absolute Gasteiger partial charge is 0.279 e. The Balaban J connectivity index is 1.73. The van der Waals surface area contributed by atoms with E-state index >= 15 is 0 Å². The van der Waals surface area contributed by atoms with Gasteiger partial charge < -0.3 is 9.94 Å². The average molecular weight is 435 g/mol. The molecule has 6 nitrogen and oxygen atoms in total. The Labute approximate surface area is 191 Å². The summed E-state index contributed by atoms with van der Waals surface area (Å²) in [4.78, 5) is 13.8. The van der Waals surface area contributed by atoms with E-state index in [0.717, 1.165) is 28.1 Å². The molecule has 5 rings (SSSR count). The average Bonchev–Trinajstić information content (AvgIpc) is 3.25. The second kappa shape index (κ2) is 8.59. The minimum absolute atomic E-state index is 0.268. The van der Waals surface area contributed by atoms with Crippen molar-refractivity contribution in [3.63, 3.8) is 0 Å². The molecular formula is C27H21N3O3.